The van der Waals surface area contributed by atoms with Crippen LogP contribution in [0.5, 0.6) is 0 Å². The molecule has 0 aliphatic rings. The second-order valence-electron chi connectivity index (χ2n) is 3.54. The maximum absolute atomic E-state index is 11.4. The lowest BCUT2D eigenvalue weighted by molar-refractivity contribution is 0.423. The van der Waals surface area contributed by atoms with Gasteiger partial charge in [-0.05, 0) is 12.1 Å². The number of hydrogen-bond acceptors (Lipinski definition) is 5. The minimum Gasteiger partial charge on any atom is -0.334 e. The van der Waals surface area contributed by atoms with Gasteiger partial charge < -0.3 is 4.52 Å². The van der Waals surface area contributed by atoms with Gasteiger partial charge in [-0.25, -0.2) is 14.3 Å². The summed E-state index contributed by atoms with van der Waals surface area (Å²) in [4.78, 5) is 15.6. The normalized spacial score (nSPS) is 11.1. The first-order valence-corrected chi connectivity index (χ1v) is 5.17. The Kier molecular flexibility index (Phi) is 2.04. The van der Waals surface area contributed by atoms with Crippen molar-refractivity contribution in [2.75, 3.05) is 0 Å². The molecule has 0 atom stereocenters. The van der Waals surface area contributed by atoms with Crippen LogP contribution in [0, 0.1) is 0 Å². The molecule has 0 fully saturated rings. The van der Waals surface area contributed by atoms with Crippen molar-refractivity contribution in [1.82, 2.24) is 24.7 Å². The van der Waals surface area contributed by atoms with E-state index >= 15 is 0 Å². The Morgan fingerprint density at radius 3 is 3.12 bits per heavy atom. The van der Waals surface area contributed by atoms with Gasteiger partial charge in [0.1, 0.15) is 0 Å². The summed E-state index contributed by atoms with van der Waals surface area (Å²) in [6.45, 7) is 1.94. The summed E-state index contributed by atoms with van der Waals surface area (Å²) in [6, 6.07) is 3.49. The number of H-pyrrole nitrogens is 1. The summed E-state index contributed by atoms with van der Waals surface area (Å²) in [7, 11) is 0. The second-order valence-corrected chi connectivity index (χ2v) is 3.54. The van der Waals surface area contributed by atoms with Crippen LogP contribution in [-0.4, -0.2) is 24.7 Å². The van der Waals surface area contributed by atoms with Gasteiger partial charge in [-0.1, -0.05) is 12.1 Å². The maximum atomic E-state index is 11.4. The van der Waals surface area contributed by atoms with E-state index in [0.29, 0.717) is 29.3 Å². The molecule has 0 saturated heterocycles. The molecule has 0 unspecified atom stereocenters. The largest absolute Gasteiger partial charge is 0.347 e. The van der Waals surface area contributed by atoms with E-state index in [1.54, 1.807) is 18.3 Å². The molecule has 3 heterocycles. The molecule has 3 rings (SSSR count). The average Bonchev–Trinajstić information content (AvgIpc) is 2.96. The van der Waals surface area contributed by atoms with Crippen LogP contribution < -0.4 is 5.69 Å². The van der Waals surface area contributed by atoms with Crippen LogP contribution in [0.4, 0.5) is 0 Å². The van der Waals surface area contributed by atoms with Crippen molar-refractivity contribution in [2.45, 2.75) is 13.3 Å². The third kappa shape index (κ3) is 1.52. The van der Waals surface area contributed by atoms with Gasteiger partial charge in [0.2, 0.25) is 0 Å². The third-order valence-electron chi connectivity index (χ3n) is 2.44. The van der Waals surface area contributed by atoms with Crippen molar-refractivity contribution in [2.24, 2.45) is 0 Å². The molecule has 0 bridgehead atoms. The number of aryl methyl sites for hydroxylation is 1. The van der Waals surface area contributed by atoms with Gasteiger partial charge in [0.15, 0.2) is 11.5 Å². The van der Waals surface area contributed by atoms with E-state index < -0.39 is 0 Å². The van der Waals surface area contributed by atoms with E-state index in [1.807, 2.05) is 6.92 Å². The predicted molar refractivity (Wildman–Crippen MR) is 58.5 cm³/mol. The van der Waals surface area contributed by atoms with E-state index in [0.717, 1.165) is 0 Å². The maximum Gasteiger partial charge on any atom is 0.347 e. The van der Waals surface area contributed by atoms with Gasteiger partial charge in [-0.15, -0.1) is 0 Å². The first-order chi connectivity index (χ1) is 8.28. The summed E-state index contributed by atoms with van der Waals surface area (Å²) >= 11 is 0. The lowest BCUT2D eigenvalue weighted by Crippen LogP contribution is -2.08. The molecule has 0 saturated carbocycles. The van der Waals surface area contributed by atoms with Crippen LogP contribution in [0.1, 0.15) is 12.7 Å². The summed E-state index contributed by atoms with van der Waals surface area (Å²) < 4.78 is 6.49. The number of pyridine rings is 1. The van der Waals surface area contributed by atoms with Crippen molar-refractivity contribution < 1.29 is 4.52 Å². The minimum atomic E-state index is -0.294. The van der Waals surface area contributed by atoms with E-state index in [4.69, 9.17) is 4.52 Å². The highest BCUT2D eigenvalue weighted by Crippen LogP contribution is 2.16. The summed E-state index contributed by atoms with van der Waals surface area (Å²) in [6.07, 6.45) is 2.32. The molecule has 0 amide bonds. The van der Waals surface area contributed by atoms with Crippen molar-refractivity contribution in [3.8, 4) is 11.5 Å². The number of nitrogens with zero attached hydrogens (tertiary/aromatic N) is 4. The Balaban J connectivity index is 2.16. The summed E-state index contributed by atoms with van der Waals surface area (Å²) in [5.74, 6) is 1.04. The van der Waals surface area contributed by atoms with Crippen LogP contribution >= 0.6 is 0 Å². The molecular formula is C10H9N5O2. The second kappa shape index (κ2) is 3.55. The van der Waals surface area contributed by atoms with Gasteiger partial charge in [0, 0.05) is 12.6 Å². The Morgan fingerprint density at radius 1 is 1.47 bits per heavy atom. The predicted octanol–water partition coefficient (Wildman–Crippen LogP) is 0.635. The Labute approximate surface area is 95.1 Å². The van der Waals surface area contributed by atoms with Gasteiger partial charge in [-0.2, -0.15) is 10.1 Å². The quantitative estimate of drug-likeness (QED) is 0.698. The number of aromatic amines is 1. The average molecular weight is 231 g/mol. The first-order valence-electron chi connectivity index (χ1n) is 5.17. The SMILES string of the molecule is CCc1noc(-c2ccc3n[nH]c(=O)n3c2)n1. The Bertz CT molecular complexity index is 723. The molecule has 3 aromatic rings. The monoisotopic (exact) mass is 231 g/mol. The third-order valence-corrected chi connectivity index (χ3v) is 2.44. The number of aromatic nitrogens is 5. The van der Waals surface area contributed by atoms with Crippen LogP contribution in [-0.2, 0) is 6.42 Å². The van der Waals surface area contributed by atoms with E-state index in [-0.39, 0.29) is 5.69 Å². The minimum absolute atomic E-state index is 0.294. The zero-order valence-electron chi connectivity index (χ0n) is 9.04. The van der Waals surface area contributed by atoms with Crippen molar-refractivity contribution >= 4 is 5.65 Å². The van der Waals surface area contributed by atoms with Crippen molar-refractivity contribution in [3.05, 3.63) is 34.6 Å². The highest BCUT2D eigenvalue weighted by Gasteiger charge is 2.09. The molecule has 0 aromatic carbocycles. The molecule has 3 aromatic heterocycles. The molecule has 0 spiro atoms. The zero-order chi connectivity index (χ0) is 11.8. The highest BCUT2D eigenvalue weighted by molar-refractivity contribution is 5.55. The van der Waals surface area contributed by atoms with Gasteiger partial charge in [-0.3, -0.25) is 0 Å². The van der Waals surface area contributed by atoms with E-state index in [9.17, 15) is 4.79 Å². The van der Waals surface area contributed by atoms with Crippen molar-refractivity contribution in [3.63, 3.8) is 0 Å². The fraction of sp³-hybridized carbons (Fsp3) is 0.200. The molecule has 86 valence electrons. The van der Waals surface area contributed by atoms with Crippen molar-refractivity contribution in [1.29, 1.82) is 0 Å². The summed E-state index contributed by atoms with van der Waals surface area (Å²) in [5, 5.41) is 10.00. The molecule has 17 heavy (non-hydrogen) atoms. The fourth-order valence-electron chi connectivity index (χ4n) is 1.55. The van der Waals surface area contributed by atoms with Gasteiger partial charge in [0.05, 0.1) is 5.56 Å². The van der Waals surface area contributed by atoms with Crippen LogP contribution in [0.2, 0.25) is 0 Å². The van der Waals surface area contributed by atoms with E-state index in [2.05, 4.69) is 20.3 Å². The molecule has 0 radical (unpaired) electrons. The molecule has 7 nitrogen and oxygen atoms in total. The fourth-order valence-corrected chi connectivity index (χ4v) is 1.55. The first kappa shape index (κ1) is 9.76. The Hall–Kier alpha value is -2.44. The van der Waals surface area contributed by atoms with Crippen LogP contribution in [0.25, 0.3) is 17.1 Å². The highest BCUT2D eigenvalue weighted by atomic mass is 16.5. The van der Waals surface area contributed by atoms with Gasteiger partial charge >= 0.3 is 5.69 Å². The standard InChI is InChI=1S/C10H9N5O2/c1-2-7-11-9(17-14-7)6-3-4-8-12-13-10(16)15(8)5-6/h3-5H,2H2,1H3,(H,13,16). The number of fused-ring (bicyclic) bond motifs is 1. The lowest BCUT2D eigenvalue weighted by Gasteiger charge is -1.94. The van der Waals surface area contributed by atoms with E-state index in [1.165, 1.54) is 4.40 Å². The molecule has 7 heteroatoms. The lowest BCUT2D eigenvalue weighted by atomic mass is 10.3. The topological polar surface area (TPSA) is 89.1 Å². The molecular weight excluding hydrogens is 222 g/mol. The molecule has 0 aliphatic carbocycles. The number of nitrogens with one attached hydrogen (secondary N) is 1. The molecule has 1 N–H and O–H groups in total. The number of hydrogen-bond donors (Lipinski definition) is 1. The van der Waals surface area contributed by atoms with Gasteiger partial charge in [0.25, 0.3) is 5.89 Å². The summed E-state index contributed by atoms with van der Waals surface area (Å²) in [5.41, 5.74) is 0.944. The zero-order valence-corrected chi connectivity index (χ0v) is 9.04. The number of rotatable bonds is 2. The smallest absolute Gasteiger partial charge is 0.334 e. The van der Waals surface area contributed by atoms with Crippen LogP contribution in [0.15, 0.2) is 27.6 Å². The van der Waals surface area contributed by atoms with Crippen LogP contribution in [0.3, 0.4) is 0 Å². The Morgan fingerprint density at radius 2 is 2.35 bits per heavy atom. The molecule has 0 aliphatic heterocycles.